The van der Waals surface area contributed by atoms with E-state index >= 15 is 0 Å². The molecule has 2 unspecified atom stereocenters. The first-order valence-electron chi connectivity index (χ1n) is 4.29. The monoisotopic (exact) mass is 248 g/mol. The van der Waals surface area contributed by atoms with E-state index in [1.165, 1.54) is 18.2 Å². The van der Waals surface area contributed by atoms with Crippen molar-refractivity contribution in [1.29, 1.82) is 0 Å². The van der Waals surface area contributed by atoms with E-state index in [0.29, 0.717) is 11.5 Å². The predicted octanol–water partition coefficient (Wildman–Crippen LogP) is -0.660. The molecule has 0 saturated heterocycles. The molecule has 1 aromatic carbocycles. The van der Waals surface area contributed by atoms with Crippen LogP contribution >= 0.6 is 0 Å². The summed E-state index contributed by atoms with van der Waals surface area (Å²) in [6, 6.07) is 4.30. The molecule has 2 atom stereocenters. The van der Waals surface area contributed by atoms with Gasteiger partial charge in [0.1, 0.15) is 0 Å². The summed E-state index contributed by atoms with van der Waals surface area (Å²) in [4.78, 5) is 0. The molecule has 7 nitrogen and oxygen atoms in total. The molecular formula is C8H10NO6S+2. The molecule has 0 fully saturated rings. The van der Waals surface area contributed by atoms with Crippen LogP contribution in [0.1, 0.15) is 11.0 Å². The van der Waals surface area contributed by atoms with Crippen molar-refractivity contribution in [1.82, 2.24) is 0 Å². The first-order chi connectivity index (χ1) is 7.54. The second-order valence-corrected chi connectivity index (χ2v) is 4.74. The van der Waals surface area contributed by atoms with E-state index in [1.54, 1.807) is 0 Å². The number of rotatable bonds is 3. The second kappa shape index (κ2) is 4.00. The lowest BCUT2D eigenvalue weighted by molar-refractivity contribution is -0.638. The van der Waals surface area contributed by atoms with Crippen LogP contribution in [0.2, 0.25) is 0 Å². The van der Waals surface area contributed by atoms with Crippen molar-refractivity contribution in [2.75, 3.05) is 6.79 Å². The summed E-state index contributed by atoms with van der Waals surface area (Å²) in [5.41, 5.74) is -1.66. The van der Waals surface area contributed by atoms with Crippen molar-refractivity contribution < 1.29 is 33.5 Å². The van der Waals surface area contributed by atoms with E-state index in [9.17, 15) is 13.9 Å². The van der Waals surface area contributed by atoms with Gasteiger partial charge < -0.3 is 14.6 Å². The summed E-state index contributed by atoms with van der Waals surface area (Å²) >= 11 is 0. The molecule has 2 rings (SSSR count). The fraction of sp³-hybridized carbons (Fsp3) is 0.250. The smallest absolute Gasteiger partial charge is 0.454 e. The Labute approximate surface area is 92.1 Å². The molecule has 1 aliphatic heterocycles. The summed E-state index contributed by atoms with van der Waals surface area (Å²) in [7, 11) is -4.12. The highest BCUT2D eigenvalue weighted by molar-refractivity contribution is 7.92. The molecule has 0 saturated carbocycles. The Morgan fingerprint density at radius 1 is 1.44 bits per heavy atom. The summed E-state index contributed by atoms with van der Waals surface area (Å²) in [6.45, 7) is 0.0769. The van der Waals surface area contributed by atoms with Gasteiger partial charge in [0.05, 0.1) is 8.84 Å². The van der Waals surface area contributed by atoms with Crippen LogP contribution in [0, 0.1) is 0 Å². The van der Waals surface area contributed by atoms with E-state index in [-0.39, 0.29) is 12.4 Å². The minimum absolute atomic E-state index is 0.0769. The van der Waals surface area contributed by atoms with Crippen LogP contribution in [-0.4, -0.2) is 11.9 Å². The number of aliphatic hydroxyl groups excluding tert-OH is 1. The maximum absolute atomic E-state index is 11.2. The lowest BCUT2D eigenvalue weighted by Crippen LogP contribution is -2.53. The Hall–Kier alpha value is -1.19. The molecule has 1 heterocycles. The Bertz CT molecular complexity index is 450. The SMILES string of the molecule is [NH3+]O[S+]([O])(=O)C(O)c1ccc2c(c1)OCO2. The third-order valence-electron chi connectivity index (χ3n) is 2.12. The Morgan fingerprint density at radius 2 is 2.12 bits per heavy atom. The quantitative estimate of drug-likeness (QED) is 0.544. The highest BCUT2D eigenvalue weighted by Gasteiger charge is 2.45. The average Bonchev–Trinajstić information content (AvgIpc) is 2.74. The minimum atomic E-state index is -4.12. The summed E-state index contributed by atoms with van der Waals surface area (Å²) < 4.78 is 36.5. The zero-order chi connectivity index (χ0) is 11.8. The molecule has 0 aliphatic carbocycles. The van der Waals surface area contributed by atoms with Crippen LogP contribution in [0.3, 0.4) is 0 Å². The van der Waals surface area contributed by atoms with Gasteiger partial charge in [-0.05, 0) is 22.4 Å². The highest BCUT2D eigenvalue weighted by Crippen LogP contribution is 2.36. The standard InChI is InChI=1S/C8H10NO6S/c9-15-16(11,12)8(10)5-1-2-6-7(3-5)14-4-13-6/h1-3,8,10H,4H2,9H3/q+2. The van der Waals surface area contributed by atoms with Gasteiger partial charge in [0.15, 0.2) is 11.5 Å². The number of benzene rings is 1. The molecule has 4 N–H and O–H groups in total. The Balaban J connectivity index is 2.31. The van der Waals surface area contributed by atoms with E-state index in [0.717, 1.165) is 0 Å². The van der Waals surface area contributed by atoms with Crippen LogP contribution in [0.25, 0.3) is 0 Å². The van der Waals surface area contributed by atoms with Gasteiger partial charge in [-0.25, -0.2) is 0 Å². The molecule has 0 aromatic heterocycles. The third-order valence-corrected chi connectivity index (χ3v) is 3.27. The van der Waals surface area contributed by atoms with Crippen molar-refractivity contribution >= 4 is 10.5 Å². The molecule has 0 bridgehead atoms. The van der Waals surface area contributed by atoms with E-state index in [1.807, 2.05) is 0 Å². The molecule has 1 aromatic rings. The lowest BCUT2D eigenvalue weighted by Gasteiger charge is -2.05. The number of hydrogen-bond acceptors (Lipinski definition) is 5. The largest absolute Gasteiger partial charge is 0.481 e. The normalized spacial score (nSPS) is 19.2. The minimum Gasteiger partial charge on any atom is -0.454 e. The van der Waals surface area contributed by atoms with Crippen LogP contribution in [0.15, 0.2) is 18.2 Å². The first kappa shape index (κ1) is 11.3. The van der Waals surface area contributed by atoms with Crippen molar-refractivity contribution in [2.45, 2.75) is 5.44 Å². The second-order valence-electron chi connectivity index (χ2n) is 3.08. The van der Waals surface area contributed by atoms with E-state index in [2.05, 4.69) is 10.2 Å². The summed E-state index contributed by atoms with van der Waals surface area (Å²) in [5.74, 6) is 3.66. The summed E-state index contributed by atoms with van der Waals surface area (Å²) in [6.07, 6.45) is 0. The topological polar surface area (TPSA) is 113 Å². The molecule has 0 amide bonds. The fourth-order valence-corrected chi connectivity index (χ4v) is 1.91. The maximum Gasteiger partial charge on any atom is 0.481 e. The van der Waals surface area contributed by atoms with Crippen molar-refractivity contribution in [3.8, 4) is 11.5 Å². The van der Waals surface area contributed by atoms with Gasteiger partial charge in [-0.3, -0.25) is 0 Å². The third kappa shape index (κ3) is 1.88. The molecular weight excluding hydrogens is 238 g/mol. The average molecular weight is 248 g/mol. The molecule has 8 heteroatoms. The number of hydrogen-bond donors (Lipinski definition) is 2. The first-order valence-corrected chi connectivity index (χ1v) is 5.77. The zero-order valence-corrected chi connectivity index (χ0v) is 8.94. The van der Waals surface area contributed by atoms with E-state index < -0.39 is 15.9 Å². The van der Waals surface area contributed by atoms with Crippen molar-refractivity contribution in [3.63, 3.8) is 0 Å². The van der Waals surface area contributed by atoms with Crippen LogP contribution < -0.4 is 15.4 Å². The number of ether oxygens (including phenoxy) is 2. The Kier molecular flexibility index (Phi) is 2.82. The highest BCUT2D eigenvalue weighted by atomic mass is 32.3. The molecule has 16 heavy (non-hydrogen) atoms. The van der Waals surface area contributed by atoms with Crippen molar-refractivity contribution in [3.05, 3.63) is 23.8 Å². The number of fused-ring (bicyclic) bond motifs is 1. The van der Waals surface area contributed by atoms with Crippen molar-refractivity contribution in [2.24, 2.45) is 0 Å². The van der Waals surface area contributed by atoms with Crippen LogP contribution in [-0.2, 0) is 23.5 Å². The molecule has 1 radical (unpaired) electrons. The maximum atomic E-state index is 11.2. The number of quaternary nitrogens is 1. The van der Waals surface area contributed by atoms with Gasteiger partial charge in [0.25, 0.3) is 0 Å². The lowest BCUT2D eigenvalue weighted by atomic mass is 10.2. The van der Waals surface area contributed by atoms with Gasteiger partial charge in [-0.1, -0.05) is 0 Å². The predicted molar refractivity (Wildman–Crippen MR) is 50.2 cm³/mol. The van der Waals surface area contributed by atoms with Gasteiger partial charge in [0, 0.05) is 5.56 Å². The van der Waals surface area contributed by atoms with Crippen LogP contribution in [0.5, 0.6) is 11.5 Å². The van der Waals surface area contributed by atoms with Crippen LogP contribution in [0.4, 0.5) is 0 Å². The number of aliphatic hydroxyl groups is 1. The van der Waals surface area contributed by atoms with Gasteiger partial charge in [-0.15, -0.1) is 0 Å². The van der Waals surface area contributed by atoms with E-state index in [4.69, 9.17) is 9.47 Å². The Morgan fingerprint density at radius 3 is 2.81 bits per heavy atom. The molecule has 1 aliphatic rings. The summed E-state index contributed by atoms with van der Waals surface area (Å²) in [5, 5.41) is 9.53. The molecule has 87 valence electrons. The van der Waals surface area contributed by atoms with Gasteiger partial charge >= 0.3 is 15.9 Å². The fourth-order valence-electron chi connectivity index (χ4n) is 1.30. The van der Waals surface area contributed by atoms with Gasteiger partial charge in [0.2, 0.25) is 6.79 Å². The van der Waals surface area contributed by atoms with Gasteiger partial charge in [-0.2, -0.15) is 5.90 Å². The molecule has 0 spiro atoms. The zero-order valence-electron chi connectivity index (χ0n) is 8.12.